The summed E-state index contributed by atoms with van der Waals surface area (Å²) in [6.45, 7) is 0.00739. The van der Waals surface area contributed by atoms with E-state index in [4.69, 9.17) is 4.74 Å². The molecule has 2 aromatic rings. The first kappa shape index (κ1) is 14.0. The second kappa shape index (κ2) is 5.83. The number of amides is 1. The van der Waals surface area contributed by atoms with Gasteiger partial charge in [-0.2, -0.15) is 0 Å². The van der Waals surface area contributed by atoms with E-state index in [1.54, 1.807) is 35.6 Å². The fourth-order valence-corrected chi connectivity index (χ4v) is 3.24. The zero-order valence-corrected chi connectivity index (χ0v) is 13.2. The van der Waals surface area contributed by atoms with Crippen LogP contribution in [0, 0.1) is 0 Å². The largest absolute Gasteiger partial charge is 0.482 e. The Labute approximate surface area is 133 Å². The molecule has 0 atom stereocenters. The lowest BCUT2D eigenvalue weighted by Gasteiger charge is -2.17. The highest BCUT2D eigenvalue weighted by atomic mass is 79.9. The molecule has 3 rings (SSSR count). The lowest BCUT2D eigenvalue weighted by Crippen LogP contribution is -2.25. The average Bonchev–Trinajstić information content (AvgIpc) is 2.89. The Bertz CT molecular complexity index is 751. The smallest absolute Gasteiger partial charge is 0.262 e. The summed E-state index contributed by atoms with van der Waals surface area (Å²) in [6, 6.07) is 6.95. The number of halogens is 1. The van der Waals surface area contributed by atoms with Crippen LogP contribution in [-0.2, 0) is 4.79 Å². The second-order valence-corrected chi connectivity index (χ2v) is 6.27. The molecule has 0 saturated carbocycles. The van der Waals surface area contributed by atoms with Gasteiger partial charge in [0.15, 0.2) is 12.4 Å². The van der Waals surface area contributed by atoms with Gasteiger partial charge in [-0.15, -0.1) is 11.3 Å². The molecule has 1 aliphatic rings. The van der Waals surface area contributed by atoms with Crippen LogP contribution in [0.15, 0.2) is 40.2 Å². The van der Waals surface area contributed by atoms with Crippen molar-refractivity contribution < 1.29 is 14.3 Å². The number of fused-ring (bicyclic) bond motifs is 1. The molecule has 0 spiro atoms. The van der Waals surface area contributed by atoms with E-state index in [9.17, 15) is 9.59 Å². The summed E-state index contributed by atoms with van der Waals surface area (Å²) >= 11 is 4.92. The van der Waals surface area contributed by atoms with Gasteiger partial charge < -0.3 is 10.1 Å². The lowest BCUT2D eigenvalue weighted by atomic mass is 10.1. The Morgan fingerprint density at radius 1 is 1.38 bits per heavy atom. The SMILES string of the molecule is O=C1COc2ccc(C(=O)/C=C/c3cc(Br)cs3)cc2N1. The molecule has 21 heavy (non-hydrogen) atoms. The summed E-state index contributed by atoms with van der Waals surface area (Å²) in [5, 5.41) is 4.64. The number of allylic oxidation sites excluding steroid dienone is 1. The number of ether oxygens (including phenoxy) is 1. The summed E-state index contributed by atoms with van der Waals surface area (Å²) in [6.07, 6.45) is 3.29. The third kappa shape index (κ3) is 3.22. The summed E-state index contributed by atoms with van der Waals surface area (Å²) in [7, 11) is 0. The third-order valence-electron chi connectivity index (χ3n) is 2.88. The minimum absolute atomic E-state index is 0.00739. The maximum absolute atomic E-state index is 12.1. The molecular weight excluding hydrogens is 354 g/mol. The number of benzene rings is 1. The van der Waals surface area contributed by atoms with Crippen molar-refractivity contribution in [1.82, 2.24) is 0 Å². The molecule has 1 aliphatic heterocycles. The van der Waals surface area contributed by atoms with Gasteiger partial charge in [0.25, 0.3) is 5.91 Å². The summed E-state index contributed by atoms with van der Waals surface area (Å²) in [5.41, 5.74) is 1.04. The quantitative estimate of drug-likeness (QED) is 0.667. The molecule has 4 nitrogen and oxygen atoms in total. The number of anilines is 1. The minimum Gasteiger partial charge on any atom is -0.482 e. The van der Waals surface area contributed by atoms with Crippen LogP contribution >= 0.6 is 27.3 Å². The van der Waals surface area contributed by atoms with E-state index in [2.05, 4.69) is 21.2 Å². The van der Waals surface area contributed by atoms with E-state index in [1.807, 2.05) is 11.4 Å². The van der Waals surface area contributed by atoms with Crippen molar-refractivity contribution in [2.24, 2.45) is 0 Å². The molecule has 0 unspecified atom stereocenters. The van der Waals surface area contributed by atoms with E-state index in [0.29, 0.717) is 17.0 Å². The van der Waals surface area contributed by atoms with Crippen molar-refractivity contribution >= 4 is 50.7 Å². The third-order valence-corrected chi connectivity index (χ3v) is 4.54. The van der Waals surface area contributed by atoms with Gasteiger partial charge in [-0.3, -0.25) is 9.59 Å². The monoisotopic (exact) mass is 363 g/mol. The number of thiophene rings is 1. The molecule has 0 aliphatic carbocycles. The van der Waals surface area contributed by atoms with Gasteiger partial charge in [0, 0.05) is 20.3 Å². The number of hydrogen-bond acceptors (Lipinski definition) is 4. The van der Waals surface area contributed by atoms with Crippen LogP contribution in [0.2, 0.25) is 0 Å². The van der Waals surface area contributed by atoms with Gasteiger partial charge in [-0.1, -0.05) is 0 Å². The van der Waals surface area contributed by atoms with Crippen molar-refractivity contribution in [1.29, 1.82) is 0 Å². The van der Waals surface area contributed by atoms with Crippen LogP contribution < -0.4 is 10.1 Å². The Kier molecular flexibility index (Phi) is 3.90. The highest BCUT2D eigenvalue weighted by Gasteiger charge is 2.17. The maximum atomic E-state index is 12.1. The predicted molar refractivity (Wildman–Crippen MR) is 86.0 cm³/mol. The van der Waals surface area contributed by atoms with E-state index >= 15 is 0 Å². The summed E-state index contributed by atoms with van der Waals surface area (Å²) in [4.78, 5) is 24.4. The number of hydrogen-bond donors (Lipinski definition) is 1. The molecule has 1 aromatic heterocycles. The van der Waals surface area contributed by atoms with E-state index in [-0.39, 0.29) is 18.3 Å². The van der Waals surface area contributed by atoms with Crippen molar-refractivity contribution in [3.8, 4) is 5.75 Å². The van der Waals surface area contributed by atoms with E-state index < -0.39 is 0 Å². The standard InChI is InChI=1S/C15H10BrNO3S/c16-10-6-11(21-8-10)2-3-13(18)9-1-4-14-12(5-9)17-15(19)7-20-14/h1-6,8H,7H2,(H,17,19)/b3-2+. The van der Waals surface area contributed by atoms with Gasteiger partial charge in [0.2, 0.25) is 0 Å². The van der Waals surface area contributed by atoms with Crippen LogP contribution in [0.25, 0.3) is 6.08 Å². The van der Waals surface area contributed by atoms with E-state index in [0.717, 1.165) is 9.35 Å². The number of carbonyl (C=O) groups excluding carboxylic acids is 2. The molecule has 0 fully saturated rings. The van der Waals surface area contributed by atoms with Gasteiger partial charge in [0.05, 0.1) is 5.69 Å². The Morgan fingerprint density at radius 3 is 3.00 bits per heavy atom. The number of nitrogens with one attached hydrogen (secondary N) is 1. The lowest BCUT2D eigenvalue weighted by molar-refractivity contribution is -0.118. The predicted octanol–water partition coefficient (Wildman–Crippen LogP) is 3.74. The molecule has 2 heterocycles. The van der Waals surface area contributed by atoms with Crippen molar-refractivity contribution in [3.05, 3.63) is 50.6 Å². The van der Waals surface area contributed by atoms with Crippen LogP contribution in [0.4, 0.5) is 5.69 Å². The van der Waals surface area contributed by atoms with E-state index in [1.165, 1.54) is 6.08 Å². The molecule has 6 heteroatoms. The van der Waals surface area contributed by atoms with Crippen molar-refractivity contribution in [2.75, 3.05) is 11.9 Å². The number of carbonyl (C=O) groups is 2. The second-order valence-electron chi connectivity index (χ2n) is 4.41. The molecule has 1 N–H and O–H groups in total. The zero-order chi connectivity index (χ0) is 14.8. The highest BCUT2D eigenvalue weighted by Crippen LogP contribution is 2.29. The van der Waals surface area contributed by atoms with Gasteiger partial charge >= 0.3 is 0 Å². The van der Waals surface area contributed by atoms with Crippen LogP contribution in [0.3, 0.4) is 0 Å². The Morgan fingerprint density at radius 2 is 2.24 bits per heavy atom. The van der Waals surface area contributed by atoms with Crippen molar-refractivity contribution in [3.63, 3.8) is 0 Å². The molecular formula is C15H10BrNO3S. The molecule has 1 aromatic carbocycles. The van der Waals surface area contributed by atoms with Crippen LogP contribution in [0.5, 0.6) is 5.75 Å². The van der Waals surface area contributed by atoms with Crippen LogP contribution in [-0.4, -0.2) is 18.3 Å². The normalized spacial score (nSPS) is 13.7. The summed E-state index contributed by atoms with van der Waals surface area (Å²) in [5.74, 6) is 0.241. The van der Waals surface area contributed by atoms with Gasteiger partial charge in [0.1, 0.15) is 5.75 Å². The first-order valence-electron chi connectivity index (χ1n) is 6.15. The fourth-order valence-electron chi connectivity index (χ4n) is 1.91. The molecule has 0 saturated heterocycles. The number of rotatable bonds is 3. The van der Waals surface area contributed by atoms with Crippen LogP contribution in [0.1, 0.15) is 15.2 Å². The molecule has 0 bridgehead atoms. The number of ketones is 1. The zero-order valence-electron chi connectivity index (χ0n) is 10.8. The topological polar surface area (TPSA) is 55.4 Å². The average molecular weight is 364 g/mol. The molecule has 0 radical (unpaired) electrons. The Balaban J connectivity index is 1.80. The maximum Gasteiger partial charge on any atom is 0.262 e. The Hall–Kier alpha value is -1.92. The van der Waals surface area contributed by atoms with Crippen molar-refractivity contribution in [2.45, 2.75) is 0 Å². The van der Waals surface area contributed by atoms with Gasteiger partial charge in [-0.25, -0.2) is 0 Å². The molecule has 106 valence electrons. The minimum atomic E-state index is -0.217. The first-order valence-corrected chi connectivity index (χ1v) is 7.82. The highest BCUT2D eigenvalue weighted by molar-refractivity contribution is 9.10. The fraction of sp³-hybridized carbons (Fsp3) is 0.0667. The molecule has 1 amide bonds. The van der Waals surface area contributed by atoms with Gasteiger partial charge in [-0.05, 0) is 52.3 Å². The summed E-state index contributed by atoms with van der Waals surface area (Å²) < 4.78 is 6.25. The first-order chi connectivity index (χ1) is 10.1.